The highest BCUT2D eigenvalue weighted by Crippen LogP contribution is 2.24. The summed E-state index contributed by atoms with van der Waals surface area (Å²) in [7, 11) is -2.51. The number of para-hydroxylation sites is 1. The van der Waals surface area contributed by atoms with E-state index in [4.69, 9.17) is 4.74 Å². The minimum atomic E-state index is -4.06. The monoisotopic (exact) mass is 456 g/mol. The summed E-state index contributed by atoms with van der Waals surface area (Å²) in [5, 5.41) is 2.87. The zero-order valence-corrected chi connectivity index (χ0v) is 18.6. The lowest BCUT2D eigenvalue weighted by molar-refractivity contribution is -0.123. The topological polar surface area (TPSA) is 84.5 Å². The fourth-order valence-electron chi connectivity index (χ4n) is 3.32. The normalized spacial score (nSPS) is 13.2. The Morgan fingerprint density at radius 3 is 2.25 bits per heavy atom. The molecule has 3 aromatic rings. The molecule has 2 N–H and O–H groups in total. The molecule has 6 nitrogen and oxygen atoms in total. The first-order valence-corrected chi connectivity index (χ1v) is 11.5. The second kappa shape index (κ2) is 10.4. The highest BCUT2D eigenvalue weighted by molar-refractivity contribution is 7.89. The van der Waals surface area contributed by atoms with Crippen LogP contribution in [0.15, 0.2) is 83.8 Å². The fourth-order valence-corrected chi connectivity index (χ4v) is 4.52. The molecule has 32 heavy (non-hydrogen) atoms. The van der Waals surface area contributed by atoms with Crippen molar-refractivity contribution in [3.63, 3.8) is 0 Å². The number of sulfonamides is 1. The summed E-state index contributed by atoms with van der Waals surface area (Å²) in [4.78, 5) is 13.0. The van der Waals surface area contributed by atoms with Crippen molar-refractivity contribution in [2.45, 2.75) is 30.3 Å². The number of hydrogen-bond donors (Lipinski definition) is 2. The lowest BCUT2D eigenvalue weighted by atomic mass is 10.0. The van der Waals surface area contributed by atoms with Crippen molar-refractivity contribution in [1.29, 1.82) is 0 Å². The smallest absolute Gasteiger partial charge is 0.241 e. The molecule has 0 aliphatic carbocycles. The van der Waals surface area contributed by atoms with Gasteiger partial charge in [-0.2, -0.15) is 4.72 Å². The van der Waals surface area contributed by atoms with Crippen molar-refractivity contribution in [2.24, 2.45) is 0 Å². The average molecular weight is 457 g/mol. The molecule has 2 unspecified atom stereocenters. The van der Waals surface area contributed by atoms with E-state index in [0.717, 1.165) is 35.4 Å². The molecule has 2 atom stereocenters. The van der Waals surface area contributed by atoms with Gasteiger partial charge in [0.05, 0.1) is 18.0 Å². The highest BCUT2D eigenvalue weighted by atomic mass is 32.2. The third-order valence-corrected chi connectivity index (χ3v) is 6.47. The number of carbonyl (C=O) groups is 1. The Morgan fingerprint density at radius 2 is 1.59 bits per heavy atom. The zero-order chi connectivity index (χ0) is 23.1. The second-order valence-corrected chi connectivity index (χ2v) is 9.00. The molecule has 0 bridgehead atoms. The van der Waals surface area contributed by atoms with E-state index in [1.54, 1.807) is 20.1 Å². The van der Waals surface area contributed by atoms with Crippen molar-refractivity contribution in [1.82, 2.24) is 10.0 Å². The molecule has 0 aromatic heterocycles. The van der Waals surface area contributed by atoms with E-state index in [9.17, 15) is 17.6 Å². The number of carbonyl (C=O) groups excluding carboxylic acids is 1. The molecule has 0 aliphatic heterocycles. The molecule has 3 aromatic carbocycles. The number of methoxy groups -OCH3 is 1. The Hall–Kier alpha value is -3.23. The van der Waals surface area contributed by atoms with E-state index in [1.165, 1.54) is 0 Å². The average Bonchev–Trinajstić information content (AvgIpc) is 2.79. The second-order valence-electron chi connectivity index (χ2n) is 7.29. The molecule has 0 spiro atoms. The number of nitrogens with one attached hydrogen (secondary N) is 2. The maximum atomic E-state index is 13.2. The Balaban J connectivity index is 1.85. The molecule has 0 saturated carbocycles. The van der Waals surface area contributed by atoms with Crippen LogP contribution in [0.2, 0.25) is 0 Å². The van der Waals surface area contributed by atoms with Crippen LogP contribution >= 0.6 is 0 Å². The lowest BCUT2D eigenvalue weighted by Crippen LogP contribution is -2.48. The first kappa shape index (κ1) is 23.4. The van der Waals surface area contributed by atoms with Crippen molar-refractivity contribution in [3.05, 3.63) is 95.8 Å². The van der Waals surface area contributed by atoms with Gasteiger partial charge < -0.3 is 10.1 Å². The van der Waals surface area contributed by atoms with Gasteiger partial charge in [-0.3, -0.25) is 4.79 Å². The van der Waals surface area contributed by atoms with E-state index in [-0.39, 0.29) is 11.3 Å². The maximum absolute atomic E-state index is 13.2. The molecular formula is C24H25FN2O4S. The van der Waals surface area contributed by atoms with Gasteiger partial charge in [-0.15, -0.1) is 0 Å². The number of hydrogen-bond acceptors (Lipinski definition) is 4. The van der Waals surface area contributed by atoms with Gasteiger partial charge in [0.1, 0.15) is 17.6 Å². The first-order valence-electron chi connectivity index (χ1n) is 10.1. The molecule has 168 valence electrons. The standard InChI is InChI=1S/C24H25FN2O4S/c1-17(21-10-6-7-11-23(21)31-2)26-24(28)22(16-18-8-4-3-5-9-18)27-32(29,30)20-14-12-19(25)13-15-20/h3-15,17,22,27H,16H2,1-2H3,(H,26,28). The zero-order valence-electron chi connectivity index (χ0n) is 17.8. The Labute approximate surface area is 187 Å². The Morgan fingerprint density at radius 1 is 0.969 bits per heavy atom. The van der Waals surface area contributed by atoms with E-state index in [2.05, 4.69) is 10.0 Å². The molecule has 0 fully saturated rings. The van der Waals surface area contributed by atoms with Gasteiger partial charge >= 0.3 is 0 Å². The highest BCUT2D eigenvalue weighted by Gasteiger charge is 2.27. The fraction of sp³-hybridized carbons (Fsp3) is 0.208. The summed E-state index contributed by atoms with van der Waals surface area (Å²) in [6.45, 7) is 1.80. The van der Waals surface area contributed by atoms with Gasteiger partial charge in [-0.1, -0.05) is 48.5 Å². The predicted octanol–water partition coefficient (Wildman–Crippen LogP) is 3.60. The molecule has 8 heteroatoms. The summed E-state index contributed by atoms with van der Waals surface area (Å²) in [5.41, 5.74) is 1.56. The summed E-state index contributed by atoms with van der Waals surface area (Å²) in [6.07, 6.45) is 0.145. The third-order valence-electron chi connectivity index (χ3n) is 4.98. The van der Waals surface area contributed by atoms with Crippen LogP contribution in [0.5, 0.6) is 5.75 Å². The van der Waals surface area contributed by atoms with E-state index in [1.807, 2.05) is 48.5 Å². The van der Waals surface area contributed by atoms with E-state index < -0.39 is 33.8 Å². The van der Waals surface area contributed by atoms with Gasteiger partial charge in [0.25, 0.3) is 0 Å². The van der Waals surface area contributed by atoms with Crippen LogP contribution in [0.4, 0.5) is 4.39 Å². The van der Waals surface area contributed by atoms with Crippen LogP contribution in [0, 0.1) is 5.82 Å². The SMILES string of the molecule is COc1ccccc1C(C)NC(=O)C(Cc1ccccc1)NS(=O)(=O)c1ccc(F)cc1. The minimum absolute atomic E-state index is 0.123. The van der Waals surface area contributed by atoms with Crippen LogP contribution in [0.1, 0.15) is 24.1 Å². The van der Waals surface area contributed by atoms with Crippen LogP contribution in [-0.4, -0.2) is 27.5 Å². The number of ether oxygens (including phenoxy) is 1. The molecule has 0 radical (unpaired) electrons. The molecule has 3 rings (SSSR count). The number of rotatable bonds is 9. The largest absolute Gasteiger partial charge is 0.496 e. The number of amides is 1. The van der Waals surface area contributed by atoms with Crippen molar-refractivity contribution in [3.8, 4) is 5.75 Å². The van der Waals surface area contributed by atoms with Gasteiger partial charge in [0.15, 0.2) is 0 Å². The lowest BCUT2D eigenvalue weighted by Gasteiger charge is -2.23. The number of benzene rings is 3. The summed E-state index contributed by atoms with van der Waals surface area (Å²) < 4.78 is 46.8. The maximum Gasteiger partial charge on any atom is 0.241 e. The minimum Gasteiger partial charge on any atom is -0.496 e. The van der Waals surface area contributed by atoms with E-state index in [0.29, 0.717) is 5.75 Å². The van der Waals surface area contributed by atoms with Crippen LogP contribution < -0.4 is 14.8 Å². The molecular weight excluding hydrogens is 431 g/mol. The van der Waals surface area contributed by atoms with Crippen molar-refractivity contribution >= 4 is 15.9 Å². The van der Waals surface area contributed by atoms with E-state index >= 15 is 0 Å². The molecule has 0 aliphatic rings. The summed E-state index contributed by atoms with van der Waals surface area (Å²) >= 11 is 0. The summed E-state index contributed by atoms with van der Waals surface area (Å²) in [6, 6.07) is 19.3. The molecule has 0 saturated heterocycles. The van der Waals surface area contributed by atoms with Crippen molar-refractivity contribution in [2.75, 3.05) is 7.11 Å². The van der Waals surface area contributed by atoms with Gasteiger partial charge in [0, 0.05) is 5.56 Å². The Kier molecular flexibility index (Phi) is 7.61. The number of halogens is 1. The van der Waals surface area contributed by atoms with Crippen LogP contribution in [0.3, 0.4) is 0 Å². The quantitative estimate of drug-likeness (QED) is 0.515. The van der Waals surface area contributed by atoms with Gasteiger partial charge in [-0.25, -0.2) is 12.8 Å². The predicted molar refractivity (Wildman–Crippen MR) is 120 cm³/mol. The molecule has 1 amide bonds. The van der Waals surface area contributed by atoms with Crippen molar-refractivity contribution < 1.29 is 22.3 Å². The van der Waals surface area contributed by atoms with Gasteiger partial charge in [-0.05, 0) is 49.2 Å². The van der Waals surface area contributed by atoms with Crippen LogP contribution in [0.25, 0.3) is 0 Å². The Bertz CT molecular complexity index is 1150. The van der Waals surface area contributed by atoms with Crippen LogP contribution in [-0.2, 0) is 21.2 Å². The molecule has 0 heterocycles. The first-order chi connectivity index (χ1) is 15.3. The third kappa shape index (κ3) is 5.93. The summed E-state index contributed by atoms with van der Waals surface area (Å²) in [5.74, 6) is -0.419. The van der Waals surface area contributed by atoms with Gasteiger partial charge in [0.2, 0.25) is 15.9 Å².